The van der Waals surface area contributed by atoms with Gasteiger partial charge in [0, 0.05) is 26.1 Å². The topological polar surface area (TPSA) is 21.1 Å². The van der Waals surface area contributed by atoms with Crippen LogP contribution in [0.5, 0.6) is 0 Å². The maximum absolute atomic E-state index is 4.87. The predicted molar refractivity (Wildman–Crippen MR) is 89.8 cm³/mol. The fourth-order valence-electron chi connectivity index (χ4n) is 3.56. The van der Waals surface area contributed by atoms with Gasteiger partial charge in [-0.25, -0.2) is 4.98 Å². The Labute approximate surface area is 131 Å². The van der Waals surface area contributed by atoms with E-state index in [-0.39, 0.29) is 0 Å². The summed E-state index contributed by atoms with van der Waals surface area (Å²) in [5.74, 6) is 1.78. The summed E-state index contributed by atoms with van der Waals surface area (Å²) >= 11 is 0. The quantitative estimate of drug-likeness (QED) is 0.735. The number of hydrogen-bond donors (Lipinski definition) is 0. The van der Waals surface area contributed by atoms with Crippen LogP contribution in [-0.4, -0.2) is 27.5 Å². The Hall–Kier alpha value is -2.13. The monoisotopic (exact) mass is 291 g/mol. The van der Waals surface area contributed by atoms with Crippen molar-refractivity contribution in [2.75, 3.05) is 13.1 Å². The van der Waals surface area contributed by atoms with Crippen LogP contribution in [0.25, 0.3) is 11.0 Å². The molecular formula is C19H21N3. The average Bonchev–Trinajstić information content (AvgIpc) is 3.14. The number of para-hydroxylation sites is 2. The van der Waals surface area contributed by atoms with E-state index in [4.69, 9.17) is 4.98 Å². The lowest BCUT2D eigenvalue weighted by atomic mass is 10.1. The Morgan fingerprint density at radius 3 is 2.64 bits per heavy atom. The van der Waals surface area contributed by atoms with Crippen molar-refractivity contribution in [3.63, 3.8) is 0 Å². The molecule has 0 aliphatic carbocycles. The summed E-state index contributed by atoms with van der Waals surface area (Å²) < 4.78 is 2.27. The van der Waals surface area contributed by atoms with Crippen LogP contribution in [0.2, 0.25) is 0 Å². The van der Waals surface area contributed by atoms with Gasteiger partial charge in [0.1, 0.15) is 5.82 Å². The van der Waals surface area contributed by atoms with Crippen molar-refractivity contribution in [1.29, 1.82) is 0 Å². The second kappa shape index (κ2) is 5.58. The number of benzene rings is 2. The van der Waals surface area contributed by atoms with Crippen LogP contribution in [0.15, 0.2) is 54.6 Å². The van der Waals surface area contributed by atoms with Crippen molar-refractivity contribution in [3.8, 4) is 0 Å². The molecule has 0 radical (unpaired) electrons. The largest absolute Gasteiger partial charge is 0.331 e. The Kier molecular flexibility index (Phi) is 3.43. The van der Waals surface area contributed by atoms with Crippen molar-refractivity contribution in [2.24, 2.45) is 7.05 Å². The number of fused-ring (bicyclic) bond motifs is 1. The lowest BCUT2D eigenvalue weighted by Crippen LogP contribution is -2.20. The molecule has 3 heteroatoms. The maximum Gasteiger partial charge on any atom is 0.114 e. The van der Waals surface area contributed by atoms with Gasteiger partial charge in [0.05, 0.1) is 11.0 Å². The van der Waals surface area contributed by atoms with E-state index in [0.29, 0.717) is 5.92 Å². The fourth-order valence-corrected chi connectivity index (χ4v) is 3.56. The zero-order valence-electron chi connectivity index (χ0n) is 12.9. The first-order chi connectivity index (χ1) is 10.8. The Morgan fingerprint density at radius 2 is 1.82 bits per heavy atom. The normalized spacial score (nSPS) is 19.0. The van der Waals surface area contributed by atoms with Gasteiger partial charge in [-0.2, -0.15) is 0 Å². The molecule has 0 bridgehead atoms. The third kappa shape index (κ3) is 2.42. The lowest BCUT2D eigenvalue weighted by molar-refractivity contribution is 0.325. The third-order valence-corrected chi connectivity index (χ3v) is 4.71. The van der Waals surface area contributed by atoms with Crippen LogP contribution >= 0.6 is 0 Å². The number of aryl methyl sites for hydroxylation is 1. The molecule has 1 atom stereocenters. The lowest BCUT2D eigenvalue weighted by Gasteiger charge is -2.16. The van der Waals surface area contributed by atoms with E-state index < -0.39 is 0 Å². The molecular weight excluding hydrogens is 270 g/mol. The molecule has 0 N–H and O–H groups in total. The molecule has 112 valence electrons. The number of nitrogens with zero attached hydrogens (tertiary/aromatic N) is 3. The van der Waals surface area contributed by atoms with Gasteiger partial charge < -0.3 is 4.57 Å². The number of likely N-dealkylation sites (tertiary alicyclic amines) is 1. The molecule has 0 amide bonds. The standard InChI is InChI=1S/C19H21N3/c1-21-18-10-6-5-9-17(18)20-19(21)16-11-12-22(14-16)13-15-7-3-2-4-8-15/h2-10,16H,11-14H2,1H3. The highest BCUT2D eigenvalue weighted by molar-refractivity contribution is 5.75. The molecule has 1 fully saturated rings. The number of imidazole rings is 1. The molecule has 4 rings (SSSR count). The van der Waals surface area contributed by atoms with E-state index in [1.165, 1.54) is 23.3 Å². The molecule has 2 aromatic carbocycles. The van der Waals surface area contributed by atoms with Gasteiger partial charge >= 0.3 is 0 Å². The minimum Gasteiger partial charge on any atom is -0.331 e. The molecule has 1 aromatic heterocycles. The van der Waals surface area contributed by atoms with E-state index in [9.17, 15) is 0 Å². The van der Waals surface area contributed by atoms with E-state index in [1.54, 1.807) is 0 Å². The summed E-state index contributed by atoms with van der Waals surface area (Å²) in [6, 6.07) is 19.2. The van der Waals surface area contributed by atoms with Gasteiger partial charge in [-0.1, -0.05) is 42.5 Å². The molecule has 2 heterocycles. The summed E-state index contributed by atoms with van der Waals surface area (Å²) in [6.45, 7) is 3.30. The summed E-state index contributed by atoms with van der Waals surface area (Å²) in [4.78, 5) is 7.41. The summed E-state index contributed by atoms with van der Waals surface area (Å²) in [6.07, 6.45) is 1.20. The van der Waals surface area contributed by atoms with Crippen LogP contribution in [0.1, 0.15) is 23.7 Å². The van der Waals surface area contributed by atoms with Crippen molar-refractivity contribution < 1.29 is 0 Å². The molecule has 1 saturated heterocycles. The van der Waals surface area contributed by atoms with Crippen molar-refractivity contribution >= 4 is 11.0 Å². The average molecular weight is 291 g/mol. The number of rotatable bonds is 3. The van der Waals surface area contributed by atoms with Crippen LogP contribution in [0, 0.1) is 0 Å². The molecule has 3 nitrogen and oxygen atoms in total. The predicted octanol–water partition coefficient (Wildman–Crippen LogP) is 3.56. The summed E-state index contributed by atoms with van der Waals surface area (Å²) in [7, 11) is 2.14. The van der Waals surface area contributed by atoms with Crippen molar-refractivity contribution in [2.45, 2.75) is 18.9 Å². The first-order valence-corrected chi connectivity index (χ1v) is 7.99. The molecule has 1 aliphatic heterocycles. The third-order valence-electron chi connectivity index (χ3n) is 4.71. The number of aromatic nitrogens is 2. The van der Waals surface area contributed by atoms with E-state index in [2.05, 4.69) is 71.1 Å². The first-order valence-electron chi connectivity index (χ1n) is 7.99. The Bertz CT molecular complexity index is 776. The fraction of sp³-hybridized carbons (Fsp3) is 0.316. The second-order valence-corrected chi connectivity index (χ2v) is 6.22. The minimum absolute atomic E-state index is 0.543. The van der Waals surface area contributed by atoms with Gasteiger partial charge in [-0.3, -0.25) is 4.90 Å². The Morgan fingerprint density at radius 1 is 1.05 bits per heavy atom. The van der Waals surface area contributed by atoms with Crippen LogP contribution in [-0.2, 0) is 13.6 Å². The second-order valence-electron chi connectivity index (χ2n) is 6.22. The van der Waals surface area contributed by atoms with Gasteiger partial charge in [0.15, 0.2) is 0 Å². The van der Waals surface area contributed by atoms with Crippen LogP contribution < -0.4 is 0 Å². The van der Waals surface area contributed by atoms with Gasteiger partial charge in [-0.15, -0.1) is 0 Å². The van der Waals surface area contributed by atoms with Crippen LogP contribution in [0.3, 0.4) is 0 Å². The highest BCUT2D eigenvalue weighted by Crippen LogP contribution is 2.29. The highest BCUT2D eigenvalue weighted by Gasteiger charge is 2.27. The smallest absolute Gasteiger partial charge is 0.114 e. The zero-order chi connectivity index (χ0) is 14.9. The van der Waals surface area contributed by atoms with Gasteiger partial charge in [0.25, 0.3) is 0 Å². The number of hydrogen-bond acceptors (Lipinski definition) is 2. The minimum atomic E-state index is 0.543. The SMILES string of the molecule is Cn1c(C2CCN(Cc3ccccc3)C2)nc2ccccc21. The summed E-state index contributed by atoms with van der Waals surface area (Å²) in [5.41, 5.74) is 3.74. The van der Waals surface area contributed by atoms with Crippen LogP contribution in [0.4, 0.5) is 0 Å². The maximum atomic E-state index is 4.87. The van der Waals surface area contributed by atoms with E-state index >= 15 is 0 Å². The molecule has 1 unspecified atom stereocenters. The molecule has 0 saturated carbocycles. The Balaban J connectivity index is 1.53. The van der Waals surface area contributed by atoms with Crippen molar-refractivity contribution in [1.82, 2.24) is 14.5 Å². The molecule has 3 aromatic rings. The van der Waals surface area contributed by atoms with Gasteiger partial charge in [0.2, 0.25) is 0 Å². The zero-order valence-corrected chi connectivity index (χ0v) is 12.9. The first kappa shape index (κ1) is 13.5. The molecule has 1 aliphatic rings. The molecule has 22 heavy (non-hydrogen) atoms. The molecule has 0 spiro atoms. The van der Waals surface area contributed by atoms with Gasteiger partial charge in [-0.05, 0) is 30.7 Å². The highest BCUT2D eigenvalue weighted by atomic mass is 15.2. The van der Waals surface area contributed by atoms with E-state index in [0.717, 1.165) is 25.2 Å². The summed E-state index contributed by atoms with van der Waals surface area (Å²) in [5, 5.41) is 0. The van der Waals surface area contributed by atoms with E-state index in [1.807, 2.05) is 0 Å². The van der Waals surface area contributed by atoms with Crippen molar-refractivity contribution in [3.05, 3.63) is 66.0 Å².